The molecule has 1 aromatic heterocycles. The molecular weight excluding hydrogens is 603 g/mol. The lowest BCUT2D eigenvalue weighted by Gasteiger charge is -2.38. The van der Waals surface area contributed by atoms with Gasteiger partial charge in [-0.3, -0.25) is 24.0 Å². The predicted octanol–water partition coefficient (Wildman–Crippen LogP) is 5.60. The molecule has 0 unspecified atom stereocenters. The number of thiocarbonyl (C=S) groups is 1. The molecule has 2 fully saturated rings. The maximum atomic E-state index is 13.7. The minimum atomic E-state index is -0.269. The van der Waals surface area contributed by atoms with E-state index in [0.29, 0.717) is 34.3 Å². The van der Waals surface area contributed by atoms with Gasteiger partial charge in [-0.1, -0.05) is 79.8 Å². The molecule has 234 valence electrons. The number of carbonyl (C=O) groups excluding carboxylic acids is 1. The number of amides is 1. The van der Waals surface area contributed by atoms with Gasteiger partial charge in [0.1, 0.15) is 27.5 Å². The summed E-state index contributed by atoms with van der Waals surface area (Å²) in [7, 11) is 1.63. The monoisotopic (exact) mass is 641 g/mol. The summed E-state index contributed by atoms with van der Waals surface area (Å²) in [5.74, 6) is 1.42. The van der Waals surface area contributed by atoms with Crippen LogP contribution in [0.5, 0.6) is 5.75 Å². The number of ether oxygens (including phenoxy) is 1. The van der Waals surface area contributed by atoms with Gasteiger partial charge in [0.15, 0.2) is 0 Å². The van der Waals surface area contributed by atoms with Crippen molar-refractivity contribution in [1.82, 2.24) is 14.4 Å². The van der Waals surface area contributed by atoms with E-state index >= 15 is 0 Å². The molecule has 2 saturated heterocycles. The van der Waals surface area contributed by atoms with E-state index in [2.05, 4.69) is 47.1 Å². The average molecular weight is 642 g/mol. The van der Waals surface area contributed by atoms with Gasteiger partial charge < -0.3 is 9.64 Å². The zero-order chi connectivity index (χ0) is 31.9. The quantitative estimate of drug-likeness (QED) is 0.198. The SMILES string of the molecule is CCCCn1c(N2CCN(Cc3ccccc3)CC2)c(/C=C2/SC(=S)N(CCc3ccc(OC)cc3)C2=O)c(C)c(C#N)c1=O. The van der Waals surface area contributed by atoms with Gasteiger partial charge >= 0.3 is 0 Å². The van der Waals surface area contributed by atoms with Gasteiger partial charge in [0.25, 0.3) is 11.5 Å². The Morgan fingerprint density at radius 1 is 1.00 bits per heavy atom. The molecule has 2 aromatic carbocycles. The van der Waals surface area contributed by atoms with Crippen molar-refractivity contribution < 1.29 is 9.53 Å². The van der Waals surface area contributed by atoms with Crippen LogP contribution in [0.15, 0.2) is 64.3 Å². The van der Waals surface area contributed by atoms with Crippen molar-refractivity contribution in [2.24, 2.45) is 0 Å². The lowest BCUT2D eigenvalue weighted by atomic mass is 10.0. The number of carbonyl (C=O) groups is 1. The lowest BCUT2D eigenvalue weighted by Crippen LogP contribution is -2.48. The smallest absolute Gasteiger partial charge is 0.270 e. The van der Waals surface area contributed by atoms with Gasteiger partial charge in [0.2, 0.25) is 0 Å². The number of hydrogen-bond acceptors (Lipinski definition) is 8. The zero-order valence-electron chi connectivity index (χ0n) is 26.1. The zero-order valence-corrected chi connectivity index (χ0v) is 27.8. The fraction of sp³-hybridized carbons (Fsp3) is 0.371. The van der Waals surface area contributed by atoms with Crippen LogP contribution in [0.25, 0.3) is 6.08 Å². The number of aromatic nitrogens is 1. The second kappa shape index (κ2) is 14.9. The Labute approximate surface area is 274 Å². The number of pyridine rings is 1. The Bertz CT molecular complexity index is 1670. The molecule has 0 spiro atoms. The van der Waals surface area contributed by atoms with Crippen LogP contribution in [0.3, 0.4) is 0 Å². The summed E-state index contributed by atoms with van der Waals surface area (Å²) in [5.41, 5.74) is 3.55. The molecule has 3 aromatic rings. The van der Waals surface area contributed by atoms with Crippen molar-refractivity contribution in [2.75, 3.05) is 44.7 Å². The molecule has 45 heavy (non-hydrogen) atoms. The van der Waals surface area contributed by atoms with E-state index in [9.17, 15) is 14.9 Å². The Kier molecular flexibility index (Phi) is 10.8. The molecule has 0 saturated carbocycles. The maximum absolute atomic E-state index is 13.7. The summed E-state index contributed by atoms with van der Waals surface area (Å²) in [6.07, 6.45) is 4.23. The van der Waals surface area contributed by atoms with Crippen molar-refractivity contribution in [3.8, 4) is 11.8 Å². The molecule has 0 bridgehead atoms. The molecule has 0 aliphatic carbocycles. The highest BCUT2D eigenvalue weighted by molar-refractivity contribution is 8.26. The van der Waals surface area contributed by atoms with Crippen molar-refractivity contribution in [1.29, 1.82) is 5.26 Å². The summed E-state index contributed by atoms with van der Waals surface area (Å²) in [6.45, 7) is 8.87. The van der Waals surface area contributed by atoms with Gasteiger partial charge in [-0.15, -0.1) is 0 Å². The molecule has 10 heteroatoms. The molecule has 1 amide bonds. The molecule has 2 aliphatic rings. The summed E-state index contributed by atoms with van der Waals surface area (Å²) in [5, 5.41) is 10.0. The number of benzene rings is 2. The highest BCUT2D eigenvalue weighted by Gasteiger charge is 2.33. The van der Waals surface area contributed by atoms with Gasteiger partial charge in [-0.2, -0.15) is 5.26 Å². The first-order valence-corrected chi connectivity index (χ1v) is 16.6. The van der Waals surface area contributed by atoms with E-state index < -0.39 is 0 Å². The van der Waals surface area contributed by atoms with Crippen LogP contribution in [-0.4, -0.2) is 64.4 Å². The maximum Gasteiger partial charge on any atom is 0.270 e. The van der Waals surface area contributed by atoms with Gasteiger partial charge in [-0.05, 0) is 54.7 Å². The first-order chi connectivity index (χ1) is 21.8. The third-order valence-electron chi connectivity index (χ3n) is 8.43. The molecule has 3 heterocycles. The van der Waals surface area contributed by atoms with Crippen molar-refractivity contribution >= 4 is 46.1 Å². The number of nitrogens with zero attached hydrogens (tertiary/aromatic N) is 5. The first kappa shape index (κ1) is 32.5. The van der Waals surface area contributed by atoms with Crippen LogP contribution in [0, 0.1) is 18.3 Å². The largest absolute Gasteiger partial charge is 0.497 e. The van der Waals surface area contributed by atoms with E-state index in [1.165, 1.54) is 17.3 Å². The summed E-state index contributed by atoms with van der Waals surface area (Å²) < 4.78 is 7.52. The number of hydrogen-bond donors (Lipinski definition) is 0. The number of piperazine rings is 1. The van der Waals surface area contributed by atoms with E-state index in [4.69, 9.17) is 17.0 Å². The number of thioether (sulfide) groups is 1. The van der Waals surface area contributed by atoms with E-state index in [1.54, 1.807) is 16.6 Å². The fourth-order valence-electron chi connectivity index (χ4n) is 5.82. The Hall–Kier alpha value is -3.91. The number of rotatable bonds is 11. The molecule has 0 N–H and O–H groups in total. The third-order valence-corrected chi connectivity index (χ3v) is 9.81. The average Bonchev–Trinajstić information content (AvgIpc) is 3.33. The van der Waals surface area contributed by atoms with Crippen LogP contribution in [0.4, 0.5) is 5.82 Å². The van der Waals surface area contributed by atoms with Gasteiger partial charge in [-0.25, -0.2) is 0 Å². The molecule has 2 aliphatic heterocycles. The minimum absolute atomic E-state index is 0.124. The second-order valence-electron chi connectivity index (χ2n) is 11.3. The van der Waals surface area contributed by atoms with Crippen LogP contribution < -0.4 is 15.2 Å². The van der Waals surface area contributed by atoms with E-state index in [-0.39, 0.29) is 17.0 Å². The summed E-state index contributed by atoms with van der Waals surface area (Å²) >= 11 is 6.94. The number of methoxy groups -OCH3 is 1. The standard InChI is InChI=1S/C35H39N5O3S2/c1-4-5-16-39-32(38-20-18-37(19-21-38)24-27-9-7-6-8-10-27)29(25(2)30(23-36)33(39)41)22-31-34(42)40(35(44)45-31)17-15-26-11-13-28(43-3)14-12-26/h6-14,22H,4-5,15-21,24H2,1-3H3/b31-22+. The number of unbranched alkanes of at least 4 members (excludes halogenated alkanes) is 1. The molecule has 0 radical (unpaired) electrons. The molecule has 8 nitrogen and oxygen atoms in total. The summed E-state index contributed by atoms with van der Waals surface area (Å²) in [6, 6.07) is 20.4. The Morgan fingerprint density at radius 2 is 1.71 bits per heavy atom. The van der Waals surface area contributed by atoms with Gasteiger partial charge in [0.05, 0.1) is 12.0 Å². The van der Waals surface area contributed by atoms with Crippen LogP contribution in [0.2, 0.25) is 0 Å². The van der Waals surface area contributed by atoms with E-state index in [0.717, 1.165) is 68.3 Å². The van der Waals surface area contributed by atoms with Crippen LogP contribution >= 0.6 is 24.0 Å². The highest BCUT2D eigenvalue weighted by atomic mass is 32.2. The third kappa shape index (κ3) is 7.33. The van der Waals surface area contributed by atoms with Gasteiger partial charge in [0, 0.05) is 51.4 Å². The predicted molar refractivity (Wildman–Crippen MR) is 186 cm³/mol. The fourth-order valence-corrected chi connectivity index (χ4v) is 7.12. The van der Waals surface area contributed by atoms with Crippen LogP contribution in [-0.2, 0) is 24.3 Å². The molecule has 5 rings (SSSR count). The molecular formula is C35H39N5O3S2. The van der Waals surface area contributed by atoms with Crippen LogP contribution in [0.1, 0.15) is 47.6 Å². The Morgan fingerprint density at radius 3 is 2.36 bits per heavy atom. The molecule has 0 atom stereocenters. The van der Waals surface area contributed by atoms with E-state index in [1.807, 2.05) is 43.3 Å². The topological polar surface area (TPSA) is 81.8 Å². The van der Waals surface area contributed by atoms with Crippen molar-refractivity contribution in [2.45, 2.75) is 46.2 Å². The number of nitriles is 1. The minimum Gasteiger partial charge on any atom is -0.497 e. The van der Waals surface area contributed by atoms with Crippen molar-refractivity contribution in [3.05, 3.63) is 97.7 Å². The van der Waals surface area contributed by atoms with Crippen molar-refractivity contribution in [3.63, 3.8) is 0 Å². The first-order valence-electron chi connectivity index (χ1n) is 15.4. The summed E-state index contributed by atoms with van der Waals surface area (Å²) in [4.78, 5) is 34.2. The lowest BCUT2D eigenvalue weighted by molar-refractivity contribution is -0.122. The Balaban J connectivity index is 1.45. The number of anilines is 1. The highest BCUT2D eigenvalue weighted by Crippen LogP contribution is 2.36. The normalized spacial score (nSPS) is 16.4. The second-order valence-corrected chi connectivity index (χ2v) is 13.0.